The van der Waals surface area contributed by atoms with Crippen LogP contribution in [-0.4, -0.2) is 28.1 Å². The topological polar surface area (TPSA) is 78.2 Å². The molecule has 0 radical (unpaired) electrons. The molecule has 0 fully saturated rings. The van der Waals surface area contributed by atoms with Crippen molar-refractivity contribution in [2.75, 3.05) is 10.2 Å². The van der Waals surface area contributed by atoms with Crippen molar-refractivity contribution in [2.45, 2.75) is 19.9 Å². The summed E-state index contributed by atoms with van der Waals surface area (Å²) in [6, 6.07) is 23.2. The van der Waals surface area contributed by atoms with Crippen molar-refractivity contribution in [1.29, 1.82) is 5.41 Å². The number of hydrogen-bond acceptors (Lipinski definition) is 3. The lowest BCUT2D eigenvalue weighted by molar-refractivity contribution is -0.112. The smallest absolute Gasteiger partial charge is 0.277 e. The summed E-state index contributed by atoms with van der Waals surface area (Å²) in [7, 11) is 1.77. The van der Waals surface area contributed by atoms with E-state index in [0.29, 0.717) is 27.3 Å². The minimum Gasteiger partial charge on any atom is -0.339 e. The maximum atomic E-state index is 13.7. The van der Waals surface area contributed by atoms with E-state index in [0.717, 1.165) is 5.52 Å². The molecule has 0 unspecified atom stereocenters. The van der Waals surface area contributed by atoms with Crippen molar-refractivity contribution in [3.63, 3.8) is 0 Å². The number of benzene rings is 3. The average Bonchev–Trinajstić information content (AvgIpc) is 3.13. The lowest BCUT2D eigenvalue weighted by Crippen LogP contribution is -2.42. The van der Waals surface area contributed by atoms with Crippen LogP contribution in [0, 0.1) is 5.41 Å². The molecule has 0 saturated carbocycles. The van der Waals surface area contributed by atoms with Gasteiger partial charge in [-0.3, -0.25) is 15.0 Å². The van der Waals surface area contributed by atoms with Crippen molar-refractivity contribution in [3.05, 3.63) is 95.1 Å². The standard InChI is InChI=1S/C27H25ClN4O2/c1-17(2)32(20-15-13-18(28)14-16-20)27(34)24(29)23-21-11-7-8-12-22(21)31(3)25(23)26(33)30-19-9-5-4-6-10-19/h4-17,29H,1-3H3,(H,30,33). The van der Waals surface area contributed by atoms with Crippen molar-refractivity contribution in [2.24, 2.45) is 7.05 Å². The molecule has 0 spiro atoms. The van der Waals surface area contributed by atoms with Gasteiger partial charge in [-0.05, 0) is 56.3 Å². The summed E-state index contributed by atoms with van der Waals surface area (Å²) in [5.74, 6) is -0.887. The Hall–Kier alpha value is -3.90. The van der Waals surface area contributed by atoms with Crippen LogP contribution >= 0.6 is 11.6 Å². The summed E-state index contributed by atoms with van der Waals surface area (Å²) < 4.78 is 1.73. The Balaban J connectivity index is 1.81. The van der Waals surface area contributed by atoms with Gasteiger partial charge < -0.3 is 14.8 Å². The number of amides is 2. The van der Waals surface area contributed by atoms with E-state index < -0.39 is 5.91 Å². The molecule has 0 aliphatic heterocycles. The highest BCUT2D eigenvalue weighted by atomic mass is 35.5. The fourth-order valence-corrected chi connectivity index (χ4v) is 4.23. The van der Waals surface area contributed by atoms with Gasteiger partial charge in [-0.2, -0.15) is 0 Å². The molecule has 34 heavy (non-hydrogen) atoms. The van der Waals surface area contributed by atoms with Gasteiger partial charge in [-0.25, -0.2) is 0 Å². The van der Waals surface area contributed by atoms with Gasteiger partial charge in [-0.1, -0.05) is 48.0 Å². The van der Waals surface area contributed by atoms with Crippen LogP contribution in [0.15, 0.2) is 78.9 Å². The number of halogens is 1. The molecule has 3 aromatic carbocycles. The van der Waals surface area contributed by atoms with E-state index in [1.165, 1.54) is 0 Å². The summed E-state index contributed by atoms with van der Waals surface area (Å²) in [6.07, 6.45) is 0. The molecule has 4 aromatic rings. The molecular formula is C27H25ClN4O2. The fraction of sp³-hybridized carbons (Fsp3) is 0.148. The Labute approximate surface area is 203 Å². The van der Waals surface area contributed by atoms with E-state index in [2.05, 4.69) is 5.32 Å². The Morgan fingerprint density at radius 1 is 0.941 bits per heavy atom. The van der Waals surface area contributed by atoms with Gasteiger partial charge >= 0.3 is 0 Å². The number of anilines is 2. The van der Waals surface area contributed by atoms with Crippen molar-refractivity contribution >= 4 is 51.4 Å². The molecule has 2 amide bonds. The predicted molar refractivity (Wildman–Crippen MR) is 138 cm³/mol. The van der Waals surface area contributed by atoms with Crippen molar-refractivity contribution in [1.82, 2.24) is 4.57 Å². The molecule has 4 rings (SSSR count). The Morgan fingerprint density at radius 3 is 2.21 bits per heavy atom. The number of aryl methyl sites for hydroxylation is 1. The van der Waals surface area contributed by atoms with E-state index in [9.17, 15) is 9.59 Å². The molecule has 0 bridgehead atoms. The predicted octanol–water partition coefficient (Wildman–Crippen LogP) is 5.89. The molecular weight excluding hydrogens is 448 g/mol. The van der Waals surface area contributed by atoms with Crippen LogP contribution in [0.4, 0.5) is 11.4 Å². The van der Waals surface area contributed by atoms with Gasteiger partial charge in [0.2, 0.25) is 0 Å². The van der Waals surface area contributed by atoms with E-state index in [4.69, 9.17) is 17.0 Å². The molecule has 1 heterocycles. The lowest BCUT2D eigenvalue weighted by Gasteiger charge is -2.27. The number of para-hydroxylation sites is 2. The van der Waals surface area contributed by atoms with Crippen LogP contribution in [-0.2, 0) is 11.8 Å². The van der Waals surface area contributed by atoms with Gasteiger partial charge in [0.05, 0.1) is 0 Å². The first-order chi connectivity index (χ1) is 16.3. The average molecular weight is 473 g/mol. The Morgan fingerprint density at radius 2 is 1.56 bits per heavy atom. The molecule has 7 heteroatoms. The van der Waals surface area contributed by atoms with Gasteiger partial charge in [0, 0.05) is 46.0 Å². The first-order valence-corrected chi connectivity index (χ1v) is 11.3. The molecule has 1 aromatic heterocycles. The summed E-state index contributed by atoms with van der Waals surface area (Å²) >= 11 is 6.03. The largest absolute Gasteiger partial charge is 0.339 e. The number of aromatic nitrogens is 1. The minimum absolute atomic E-state index is 0.217. The van der Waals surface area contributed by atoms with Crippen LogP contribution in [0.25, 0.3) is 10.9 Å². The van der Waals surface area contributed by atoms with Crippen LogP contribution in [0.1, 0.15) is 29.9 Å². The monoisotopic (exact) mass is 472 g/mol. The molecule has 6 nitrogen and oxygen atoms in total. The first kappa shape index (κ1) is 23.3. The van der Waals surface area contributed by atoms with E-state index in [-0.39, 0.29) is 23.4 Å². The summed E-state index contributed by atoms with van der Waals surface area (Å²) in [5.41, 5.74) is 2.32. The second-order valence-electron chi connectivity index (χ2n) is 8.24. The van der Waals surface area contributed by atoms with Gasteiger partial charge in [0.25, 0.3) is 11.8 Å². The summed E-state index contributed by atoms with van der Waals surface area (Å²) in [6.45, 7) is 3.76. The molecule has 0 atom stereocenters. The third-order valence-electron chi connectivity index (χ3n) is 5.66. The van der Waals surface area contributed by atoms with E-state index in [1.807, 2.05) is 56.3 Å². The molecule has 0 aliphatic rings. The minimum atomic E-state index is -0.498. The number of nitrogens with one attached hydrogen (secondary N) is 2. The number of nitrogens with zero attached hydrogens (tertiary/aromatic N) is 2. The third-order valence-corrected chi connectivity index (χ3v) is 5.91. The van der Waals surface area contributed by atoms with Crippen molar-refractivity contribution in [3.8, 4) is 0 Å². The zero-order chi connectivity index (χ0) is 24.4. The summed E-state index contributed by atoms with van der Waals surface area (Å²) in [4.78, 5) is 28.6. The van der Waals surface area contributed by atoms with Crippen molar-refractivity contribution < 1.29 is 9.59 Å². The highest BCUT2D eigenvalue weighted by molar-refractivity contribution is 6.51. The van der Waals surface area contributed by atoms with Gasteiger partial charge in [0.15, 0.2) is 0 Å². The van der Waals surface area contributed by atoms with Crippen LogP contribution in [0.2, 0.25) is 5.02 Å². The van der Waals surface area contributed by atoms with Crippen LogP contribution < -0.4 is 10.2 Å². The van der Waals surface area contributed by atoms with Crippen LogP contribution in [0.5, 0.6) is 0 Å². The third kappa shape index (κ3) is 4.32. The number of fused-ring (bicyclic) bond motifs is 1. The molecule has 0 saturated heterocycles. The first-order valence-electron chi connectivity index (χ1n) is 10.9. The normalized spacial score (nSPS) is 11.0. The second kappa shape index (κ2) is 9.53. The second-order valence-corrected chi connectivity index (χ2v) is 8.68. The van der Waals surface area contributed by atoms with Gasteiger partial charge in [-0.15, -0.1) is 0 Å². The Bertz CT molecular complexity index is 1380. The lowest BCUT2D eigenvalue weighted by atomic mass is 10.0. The highest BCUT2D eigenvalue weighted by Gasteiger charge is 2.31. The number of hydrogen-bond donors (Lipinski definition) is 2. The quantitative estimate of drug-likeness (QED) is 0.343. The number of carbonyl (C=O) groups is 2. The molecule has 2 N–H and O–H groups in total. The maximum absolute atomic E-state index is 13.7. The van der Waals surface area contributed by atoms with E-state index >= 15 is 0 Å². The van der Waals surface area contributed by atoms with E-state index in [1.54, 1.807) is 52.9 Å². The van der Waals surface area contributed by atoms with Crippen LogP contribution in [0.3, 0.4) is 0 Å². The van der Waals surface area contributed by atoms with Gasteiger partial charge in [0.1, 0.15) is 11.4 Å². The Kier molecular flexibility index (Phi) is 6.52. The number of rotatable bonds is 6. The zero-order valence-corrected chi connectivity index (χ0v) is 19.9. The fourth-order valence-electron chi connectivity index (χ4n) is 4.10. The number of carbonyl (C=O) groups excluding carboxylic acids is 2. The maximum Gasteiger partial charge on any atom is 0.277 e. The molecule has 0 aliphatic carbocycles. The highest BCUT2D eigenvalue weighted by Crippen LogP contribution is 2.29. The SMILES string of the molecule is CC(C)N(C(=O)C(=N)c1c(C(=O)Nc2ccccc2)n(C)c2ccccc12)c1ccc(Cl)cc1. The zero-order valence-electron chi connectivity index (χ0n) is 19.2. The summed E-state index contributed by atoms with van der Waals surface area (Å²) in [5, 5.41) is 13.1. The molecule has 172 valence electrons.